The van der Waals surface area contributed by atoms with Crippen LogP contribution in [-0.2, 0) is 4.79 Å². The Balaban J connectivity index is 2.24. The summed E-state index contributed by atoms with van der Waals surface area (Å²) in [5, 5.41) is 0. The number of carbonyl (C=O) groups excluding carboxylic acids is 1. The van der Waals surface area contributed by atoms with Gasteiger partial charge in [0.1, 0.15) is 5.78 Å². The third-order valence-electron chi connectivity index (χ3n) is 3.64. The van der Waals surface area contributed by atoms with Crippen LogP contribution in [0.4, 0.5) is 0 Å². The maximum atomic E-state index is 11.2. The Bertz CT molecular complexity index is 172. The van der Waals surface area contributed by atoms with Crippen LogP contribution in [0.5, 0.6) is 0 Å². The molecule has 2 fully saturated rings. The molecule has 0 amide bonds. The van der Waals surface area contributed by atoms with Gasteiger partial charge in [-0.25, -0.2) is 0 Å². The molecule has 0 unspecified atom stereocenters. The van der Waals surface area contributed by atoms with Crippen molar-refractivity contribution < 1.29 is 4.79 Å². The summed E-state index contributed by atoms with van der Waals surface area (Å²) in [6.45, 7) is 4.52. The van der Waals surface area contributed by atoms with Gasteiger partial charge in [-0.1, -0.05) is 13.8 Å². The van der Waals surface area contributed by atoms with Crippen molar-refractivity contribution in [2.45, 2.75) is 26.7 Å². The van der Waals surface area contributed by atoms with Crippen molar-refractivity contribution in [3.8, 4) is 0 Å². The first-order valence-corrected chi connectivity index (χ1v) is 4.23. The molecule has 56 valence electrons. The molecule has 0 radical (unpaired) electrons. The fraction of sp³-hybridized carbons (Fsp3) is 0.889. The standard InChI is InChI=1S/C9H14O/c1-5-6(2)8-3-7(5)4-9(8)10/h5-8H,3-4H2,1-2H3/t5-,6+,7-,8-/m1/s1. The zero-order valence-corrected chi connectivity index (χ0v) is 6.63. The molecule has 2 aliphatic rings. The largest absolute Gasteiger partial charge is 0.299 e. The Morgan fingerprint density at radius 3 is 2.40 bits per heavy atom. The highest BCUT2D eigenvalue weighted by Gasteiger charge is 2.47. The summed E-state index contributed by atoms with van der Waals surface area (Å²) in [4.78, 5) is 11.2. The monoisotopic (exact) mass is 138 g/mol. The van der Waals surface area contributed by atoms with Crippen molar-refractivity contribution >= 4 is 5.78 Å². The first kappa shape index (κ1) is 6.38. The van der Waals surface area contributed by atoms with E-state index < -0.39 is 0 Å². The van der Waals surface area contributed by atoms with Gasteiger partial charge in [-0.3, -0.25) is 4.79 Å². The van der Waals surface area contributed by atoms with Gasteiger partial charge in [0.05, 0.1) is 0 Å². The summed E-state index contributed by atoms with van der Waals surface area (Å²) in [5.74, 6) is 3.21. The lowest BCUT2D eigenvalue weighted by atomic mass is 9.81. The maximum Gasteiger partial charge on any atom is 0.136 e. The number of fused-ring (bicyclic) bond motifs is 2. The first-order chi connectivity index (χ1) is 4.70. The molecule has 0 spiro atoms. The fourth-order valence-electron chi connectivity index (χ4n) is 2.65. The topological polar surface area (TPSA) is 17.1 Å². The van der Waals surface area contributed by atoms with Crippen molar-refractivity contribution in [3.63, 3.8) is 0 Å². The SMILES string of the molecule is C[C@H]1[C@H]2CC(=O)[C@H](C2)[C@H]1C. The highest BCUT2D eigenvalue weighted by Crippen LogP contribution is 2.49. The summed E-state index contributed by atoms with van der Waals surface area (Å²) in [5.41, 5.74) is 0. The van der Waals surface area contributed by atoms with Crippen LogP contribution in [-0.4, -0.2) is 5.78 Å². The Morgan fingerprint density at radius 2 is 2.00 bits per heavy atom. The normalized spacial score (nSPS) is 52.4. The summed E-state index contributed by atoms with van der Waals surface area (Å²) in [6, 6.07) is 0. The minimum Gasteiger partial charge on any atom is -0.299 e. The van der Waals surface area contributed by atoms with Crippen LogP contribution in [0.25, 0.3) is 0 Å². The average molecular weight is 138 g/mol. The van der Waals surface area contributed by atoms with Gasteiger partial charge in [0.2, 0.25) is 0 Å². The molecule has 2 bridgehead atoms. The van der Waals surface area contributed by atoms with Gasteiger partial charge in [0.15, 0.2) is 0 Å². The van der Waals surface area contributed by atoms with Crippen LogP contribution in [0, 0.1) is 23.7 Å². The average Bonchev–Trinajstić information content (AvgIpc) is 2.36. The number of rotatable bonds is 0. The molecule has 2 rings (SSSR count). The third kappa shape index (κ3) is 0.609. The van der Waals surface area contributed by atoms with Crippen LogP contribution >= 0.6 is 0 Å². The molecule has 0 aromatic rings. The van der Waals surface area contributed by atoms with Gasteiger partial charge < -0.3 is 0 Å². The lowest BCUT2D eigenvalue weighted by Gasteiger charge is -2.23. The molecule has 0 heterocycles. The van der Waals surface area contributed by atoms with E-state index in [1.807, 2.05) is 0 Å². The van der Waals surface area contributed by atoms with Crippen molar-refractivity contribution in [3.05, 3.63) is 0 Å². The summed E-state index contributed by atoms with van der Waals surface area (Å²) in [6.07, 6.45) is 2.08. The third-order valence-corrected chi connectivity index (χ3v) is 3.64. The van der Waals surface area contributed by atoms with Gasteiger partial charge >= 0.3 is 0 Å². The number of Topliss-reactive ketones (excluding diaryl/α,β-unsaturated/α-hetero) is 1. The molecule has 0 N–H and O–H groups in total. The second-order valence-corrected chi connectivity index (χ2v) is 3.99. The van der Waals surface area contributed by atoms with Crippen LogP contribution in [0.2, 0.25) is 0 Å². The van der Waals surface area contributed by atoms with E-state index in [0.717, 1.165) is 18.3 Å². The smallest absolute Gasteiger partial charge is 0.136 e. The number of hydrogen-bond donors (Lipinski definition) is 0. The quantitative estimate of drug-likeness (QED) is 0.499. The van der Waals surface area contributed by atoms with E-state index in [1.165, 1.54) is 6.42 Å². The minimum absolute atomic E-state index is 0.444. The zero-order valence-electron chi connectivity index (χ0n) is 6.63. The molecular weight excluding hydrogens is 124 g/mol. The molecule has 2 aliphatic carbocycles. The fourth-order valence-corrected chi connectivity index (χ4v) is 2.65. The Morgan fingerprint density at radius 1 is 1.30 bits per heavy atom. The van der Waals surface area contributed by atoms with Crippen molar-refractivity contribution in [2.75, 3.05) is 0 Å². The highest BCUT2D eigenvalue weighted by atomic mass is 16.1. The maximum absolute atomic E-state index is 11.2. The van der Waals surface area contributed by atoms with E-state index >= 15 is 0 Å². The van der Waals surface area contributed by atoms with Gasteiger partial charge in [0, 0.05) is 12.3 Å². The van der Waals surface area contributed by atoms with Crippen molar-refractivity contribution in [1.29, 1.82) is 0 Å². The van der Waals surface area contributed by atoms with E-state index in [1.54, 1.807) is 0 Å². The minimum atomic E-state index is 0.444. The molecule has 0 aliphatic heterocycles. The van der Waals surface area contributed by atoms with Crippen molar-refractivity contribution in [1.82, 2.24) is 0 Å². The molecule has 4 atom stereocenters. The summed E-state index contributed by atoms with van der Waals surface area (Å²) >= 11 is 0. The van der Waals surface area contributed by atoms with E-state index in [4.69, 9.17) is 0 Å². The molecule has 2 saturated carbocycles. The lowest BCUT2D eigenvalue weighted by molar-refractivity contribution is -0.123. The first-order valence-electron chi connectivity index (χ1n) is 4.23. The molecule has 0 saturated heterocycles. The molecule has 10 heavy (non-hydrogen) atoms. The van der Waals surface area contributed by atoms with Gasteiger partial charge in [0.25, 0.3) is 0 Å². The zero-order chi connectivity index (χ0) is 7.30. The Kier molecular flexibility index (Phi) is 1.17. The van der Waals surface area contributed by atoms with Gasteiger partial charge in [-0.2, -0.15) is 0 Å². The number of hydrogen-bond acceptors (Lipinski definition) is 1. The molecule has 0 aromatic heterocycles. The van der Waals surface area contributed by atoms with Crippen LogP contribution < -0.4 is 0 Å². The lowest BCUT2D eigenvalue weighted by Crippen LogP contribution is -2.23. The van der Waals surface area contributed by atoms with E-state index in [0.29, 0.717) is 17.6 Å². The van der Waals surface area contributed by atoms with Crippen LogP contribution in [0.3, 0.4) is 0 Å². The highest BCUT2D eigenvalue weighted by molar-refractivity contribution is 5.84. The Labute approximate surface area is 61.8 Å². The van der Waals surface area contributed by atoms with E-state index in [9.17, 15) is 4.79 Å². The molecule has 1 nitrogen and oxygen atoms in total. The number of carbonyl (C=O) groups is 1. The molecule has 1 heteroatoms. The summed E-state index contributed by atoms with van der Waals surface area (Å²) in [7, 11) is 0. The van der Waals surface area contributed by atoms with Gasteiger partial charge in [-0.15, -0.1) is 0 Å². The molecule has 0 aromatic carbocycles. The van der Waals surface area contributed by atoms with E-state index in [-0.39, 0.29) is 0 Å². The van der Waals surface area contributed by atoms with Crippen LogP contribution in [0.1, 0.15) is 26.7 Å². The number of ketones is 1. The second kappa shape index (κ2) is 1.84. The predicted octanol–water partition coefficient (Wildman–Crippen LogP) is 1.87. The van der Waals surface area contributed by atoms with E-state index in [2.05, 4.69) is 13.8 Å². The summed E-state index contributed by atoms with van der Waals surface area (Å²) < 4.78 is 0. The second-order valence-electron chi connectivity index (χ2n) is 3.99. The Hall–Kier alpha value is -0.330. The van der Waals surface area contributed by atoms with Crippen molar-refractivity contribution in [2.24, 2.45) is 23.7 Å². The van der Waals surface area contributed by atoms with Crippen LogP contribution in [0.15, 0.2) is 0 Å². The van der Waals surface area contributed by atoms with Gasteiger partial charge in [-0.05, 0) is 24.2 Å². The molecular formula is C9H14O. The predicted molar refractivity (Wildman–Crippen MR) is 39.5 cm³/mol.